The minimum atomic E-state index is -3.08. The summed E-state index contributed by atoms with van der Waals surface area (Å²) >= 11 is 0. The smallest absolute Gasteiger partial charge is 0.250 e. The highest BCUT2D eigenvalue weighted by Gasteiger charge is 2.09. The Morgan fingerprint density at radius 1 is 1.30 bits per heavy atom. The number of sulfone groups is 1. The van der Waals surface area contributed by atoms with Crippen LogP contribution in [0, 0.1) is 6.92 Å². The number of benzene rings is 1. The van der Waals surface area contributed by atoms with Crippen LogP contribution in [0.3, 0.4) is 0 Å². The van der Waals surface area contributed by atoms with E-state index in [1.165, 1.54) is 12.3 Å². The van der Waals surface area contributed by atoms with Gasteiger partial charge in [0.25, 0.3) is 5.56 Å². The second-order valence-electron chi connectivity index (χ2n) is 6.48. The lowest BCUT2D eigenvalue weighted by Gasteiger charge is -2.10. The van der Waals surface area contributed by atoms with Crippen molar-refractivity contribution in [2.24, 2.45) is 5.10 Å². The van der Waals surface area contributed by atoms with E-state index in [2.05, 4.69) is 17.1 Å². The van der Waals surface area contributed by atoms with Crippen LogP contribution in [0.5, 0.6) is 0 Å². The van der Waals surface area contributed by atoms with Crippen LogP contribution in [0.4, 0.5) is 5.69 Å². The molecule has 2 rings (SSSR count). The number of nitrogens with one attached hydrogen (secondary N) is 1. The summed E-state index contributed by atoms with van der Waals surface area (Å²) < 4.78 is 24.6. The summed E-state index contributed by atoms with van der Waals surface area (Å²) in [4.78, 5) is 11.8. The molecule has 27 heavy (non-hydrogen) atoms. The molecule has 1 N–H and O–H groups in total. The third-order valence-electron chi connectivity index (χ3n) is 3.94. The zero-order valence-electron chi connectivity index (χ0n) is 15.9. The number of aryl methyl sites for hydroxylation is 2. The minimum Gasteiger partial charge on any atom is -0.313 e. The Hall–Kier alpha value is -2.67. The number of anilines is 1. The average molecular weight is 388 g/mol. The van der Waals surface area contributed by atoms with Gasteiger partial charge in [-0.2, -0.15) is 5.10 Å². The molecular weight excluding hydrogens is 362 g/mol. The van der Waals surface area contributed by atoms with E-state index < -0.39 is 9.84 Å². The summed E-state index contributed by atoms with van der Waals surface area (Å²) in [6.07, 6.45) is 5.45. The molecule has 0 aliphatic heterocycles. The molecule has 0 amide bonds. The van der Waals surface area contributed by atoms with Gasteiger partial charge in [0.15, 0.2) is 9.84 Å². The molecule has 0 atom stereocenters. The molecule has 0 radical (unpaired) electrons. The van der Waals surface area contributed by atoms with E-state index in [4.69, 9.17) is 0 Å². The molecule has 6 nitrogen and oxygen atoms in total. The Labute approximate surface area is 160 Å². The molecule has 0 bridgehead atoms. The van der Waals surface area contributed by atoms with Gasteiger partial charge in [0, 0.05) is 30.6 Å². The number of hydrogen-bond acceptors (Lipinski definition) is 5. The number of nitrogens with zero attached hydrogens (tertiary/aromatic N) is 2. The Morgan fingerprint density at radius 2 is 2.04 bits per heavy atom. The normalized spacial score (nSPS) is 12.0. The van der Waals surface area contributed by atoms with Crippen molar-refractivity contribution in [3.63, 3.8) is 0 Å². The number of rotatable bonds is 8. The summed E-state index contributed by atoms with van der Waals surface area (Å²) in [7, 11) is -3.08. The highest BCUT2D eigenvalue weighted by atomic mass is 32.2. The van der Waals surface area contributed by atoms with Crippen molar-refractivity contribution >= 4 is 21.2 Å². The summed E-state index contributed by atoms with van der Waals surface area (Å²) in [5.41, 5.74) is 6.75. The third kappa shape index (κ3) is 5.92. The van der Waals surface area contributed by atoms with E-state index in [1.54, 1.807) is 29.0 Å². The highest BCUT2D eigenvalue weighted by Crippen LogP contribution is 2.15. The Kier molecular flexibility index (Phi) is 6.74. The maximum Gasteiger partial charge on any atom is 0.250 e. The highest BCUT2D eigenvalue weighted by molar-refractivity contribution is 7.89. The van der Waals surface area contributed by atoms with Crippen LogP contribution in [0.25, 0.3) is 0 Å². The Morgan fingerprint density at radius 3 is 2.63 bits per heavy atom. The number of allylic oxidation sites excluding steroid dienone is 1. The average Bonchev–Trinajstić information content (AvgIpc) is 2.58. The fourth-order valence-corrected chi connectivity index (χ4v) is 3.54. The van der Waals surface area contributed by atoms with Crippen LogP contribution >= 0.6 is 0 Å². The minimum absolute atomic E-state index is 0.00586. The summed E-state index contributed by atoms with van der Waals surface area (Å²) in [6, 6.07) is 8.66. The van der Waals surface area contributed by atoms with Gasteiger partial charge in [-0.3, -0.25) is 10.2 Å². The number of hydrogen-bond donors (Lipinski definition) is 1. The number of hydrazone groups is 1. The molecule has 0 unspecified atom stereocenters. The number of aromatic nitrogens is 1. The molecule has 7 heteroatoms. The largest absolute Gasteiger partial charge is 0.313 e. The van der Waals surface area contributed by atoms with E-state index in [-0.39, 0.29) is 11.3 Å². The molecule has 0 fully saturated rings. The van der Waals surface area contributed by atoms with Crippen LogP contribution in [-0.2, 0) is 22.1 Å². The van der Waals surface area contributed by atoms with Crippen molar-refractivity contribution in [2.45, 2.75) is 32.6 Å². The molecule has 0 saturated carbocycles. The van der Waals surface area contributed by atoms with Gasteiger partial charge in [-0.05, 0) is 36.6 Å². The monoisotopic (exact) mass is 387 g/mol. The van der Waals surface area contributed by atoms with Crippen LogP contribution in [0.1, 0.15) is 30.0 Å². The molecule has 1 aromatic heterocycles. The van der Waals surface area contributed by atoms with Crippen molar-refractivity contribution in [3.05, 3.63) is 76.2 Å². The van der Waals surface area contributed by atoms with Gasteiger partial charge >= 0.3 is 0 Å². The standard InChI is InChI=1S/C20H25N3O3S/c1-5-11-23-13-17(8-10-20(23)24)21-22-19(6-2)18-9-7-16(12-15(18)3)14-27(4,25)26/h6-10,12-13,21H,2,5,11,14H2,1,3-4H3/b22-19+. The Balaban J connectivity index is 2.27. The fraction of sp³-hybridized carbons (Fsp3) is 0.300. The van der Waals surface area contributed by atoms with Gasteiger partial charge in [-0.1, -0.05) is 31.7 Å². The fourth-order valence-electron chi connectivity index (χ4n) is 2.76. The van der Waals surface area contributed by atoms with Crippen molar-refractivity contribution < 1.29 is 8.42 Å². The molecular formula is C20H25N3O3S. The van der Waals surface area contributed by atoms with E-state index in [9.17, 15) is 13.2 Å². The lowest BCUT2D eigenvalue weighted by Crippen LogP contribution is -2.18. The van der Waals surface area contributed by atoms with Crippen molar-refractivity contribution in [3.8, 4) is 0 Å². The van der Waals surface area contributed by atoms with Gasteiger partial charge < -0.3 is 4.57 Å². The van der Waals surface area contributed by atoms with Gasteiger partial charge in [0.05, 0.1) is 17.2 Å². The second-order valence-corrected chi connectivity index (χ2v) is 8.62. The van der Waals surface area contributed by atoms with E-state index in [0.29, 0.717) is 17.9 Å². The topological polar surface area (TPSA) is 80.5 Å². The SMILES string of the molecule is C=C/C(=N\Nc1ccc(=O)n(CCC)c1)c1ccc(CS(C)(=O)=O)cc1C. The van der Waals surface area contributed by atoms with Crippen molar-refractivity contribution in [1.82, 2.24) is 4.57 Å². The zero-order valence-corrected chi connectivity index (χ0v) is 16.7. The summed E-state index contributed by atoms with van der Waals surface area (Å²) in [6.45, 7) is 8.37. The molecule has 0 aliphatic rings. The molecule has 0 saturated heterocycles. The molecule has 1 heterocycles. The quantitative estimate of drug-likeness (QED) is 0.557. The lowest BCUT2D eigenvalue weighted by atomic mass is 10.0. The maximum absolute atomic E-state index is 11.8. The van der Waals surface area contributed by atoms with Gasteiger partial charge in [-0.25, -0.2) is 8.42 Å². The van der Waals surface area contributed by atoms with Crippen LogP contribution < -0.4 is 11.0 Å². The molecule has 0 spiro atoms. The van der Waals surface area contributed by atoms with E-state index in [1.807, 2.05) is 26.0 Å². The van der Waals surface area contributed by atoms with Crippen LogP contribution in [0.2, 0.25) is 0 Å². The van der Waals surface area contributed by atoms with Crippen molar-refractivity contribution in [2.75, 3.05) is 11.7 Å². The predicted molar refractivity (Wildman–Crippen MR) is 111 cm³/mol. The predicted octanol–water partition coefficient (Wildman–Crippen LogP) is 3.11. The molecule has 1 aromatic carbocycles. The first-order valence-electron chi connectivity index (χ1n) is 8.67. The van der Waals surface area contributed by atoms with Gasteiger partial charge in [0.1, 0.15) is 0 Å². The van der Waals surface area contributed by atoms with Crippen molar-refractivity contribution in [1.29, 1.82) is 0 Å². The summed E-state index contributed by atoms with van der Waals surface area (Å²) in [5, 5.41) is 4.39. The maximum atomic E-state index is 11.8. The van der Waals surface area contributed by atoms with Gasteiger partial charge in [-0.15, -0.1) is 0 Å². The summed E-state index contributed by atoms with van der Waals surface area (Å²) in [5.74, 6) is 0.00586. The number of pyridine rings is 1. The van der Waals surface area contributed by atoms with E-state index >= 15 is 0 Å². The molecule has 144 valence electrons. The lowest BCUT2D eigenvalue weighted by molar-refractivity contribution is 0.601. The first-order valence-corrected chi connectivity index (χ1v) is 10.7. The van der Waals surface area contributed by atoms with E-state index in [0.717, 1.165) is 23.1 Å². The molecule has 0 aliphatic carbocycles. The Bertz CT molecular complexity index is 1020. The first kappa shape index (κ1) is 20.6. The molecule has 2 aromatic rings. The third-order valence-corrected chi connectivity index (χ3v) is 4.80. The van der Waals surface area contributed by atoms with Crippen LogP contribution in [-0.4, -0.2) is 25.0 Å². The second kappa shape index (κ2) is 8.81. The van der Waals surface area contributed by atoms with Crippen LogP contribution in [0.15, 0.2) is 59.1 Å². The van der Waals surface area contributed by atoms with Gasteiger partial charge in [0.2, 0.25) is 0 Å². The first-order chi connectivity index (χ1) is 12.7. The zero-order chi connectivity index (χ0) is 20.0.